The molecule has 0 atom stereocenters. The van der Waals surface area contributed by atoms with Crippen LogP contribution in [0.25, 0.3) is 21.8 Å². The highest BCUT2D eigenvalue weighted by Gasteiger charge is 2.10. The Hall–Kier alpha value is -4.32. The third-order valence-electron chi connectivity index (χ3n) is 5.70. The fourth-order valence-corrected chi connectivity index (χ4v) is 4.06. The predicted molar refractivity (Wildman–Crippen MR) is 133 cm³/mol. The van der Waals surface area contributed by atoms with E-state index in [4.69, 9.17) is 10.5 Å². The van der Waals surface area contributed by atoms with Crippen LogP contribution in [0.3, 0.4) is 0 Å². The number of carbonyl (C=O) groups is 1. The molecule has 5 aromatic rings. The number of carbonyl (C=O) groups excluding carboxylic acids is 1. The maximum Gasteiger partial charge on any atom is 0.255 e. The van der Waals surface area contributed by atoms with Crippen LogP contribution in [0.1, 0.15) is 16.8 Å². The molecule has 164 valence electrons. The number of benzene rings is 3. The fourth-order valence-electron chi connectivity index (χ4n) is 4.06. The molecule has 6 heteroatoms. The van der Waals surface area contributed by atoms with E-state index < -0.39 is 0 Å². The van der Waals surface area contributed by atoms with Crippen molar-refractivity contribution >= 4 is 39.1 Å². The van der Waals surface area contributed by atoms with Crippen LogP contribution in [0.5, 0.6) is 5.75 Å². The lowest BCUT2D eigenvalue weighted by molar-refractivity contribution is 0.102. The number of para-hydroxylation sites is 3. The Labute approximate surface area is 191 Å². The first-order valence-electron chi connectivity index (χ1n) is 10.9. The first-order chi connectivity index (χ1) is 16.2. The van der Waals surface area contributed by atoms with Crippen molar-refractivity contribution in [3.05, 3.63) is 96.8 Å². The summed E-state index contributed by atoms with van der Waals surface area (Å²) >= 11 is 0. The number of fused-ring (bicyclic) bond motifs is 3. The molecule has 0 fully saturated rings. The molecule has 0 aliphatic rings. The van der Waals surface area contributed by atoms with Gasteiger partial charge in [-0.3, -0.25) is 9.78 Å². The molecule has 0 bridgehead atoms. The summed E-state index contributed by atoms with van der Waals surface area (Å²) in [6.45, 7) is 1.40. The average molecular weight is 437 g/mol. The van der Waals surface area contributed by atoms with Crippen LogP contribution in [0.15, 0.2) is 91.3 Å². The van der Waals surface area contributed by atoms with Gasteiger partial charge in [0, 0.05) is 34.6 Å². The number of aromatic nitrogens is 2. The van der Waals surface area contributed by atoms with Gasteiger partial charge in [-0.1, -0.05) is 30.3 Å². The van der Waals surface area contributed by atoms with Crippen molar-refractivity contribution in [2.75, 3.05) is 17.7 Å². The van der Waals surface area contributed by atoms with E-state index in [-0.39, 0.29) is 5.91 Å². The molecule has 3 aromatic carbocycles. The number of nitrogens with zero attached hydrogens (tertiary/aromatic N) is 2. The summed E-state index contributed by atoms with van der Waals surface area (Å²) in [5, 5.41) is 5.28. The summed E-state index contributed by atoms with van der Waals surface area (Å²) in [5.41, 5.74) is 9.91. The largest absolute Gasteiger partial charge is 0.494 e. The van der Waals surface area contributed by atoms with Crippen LogP contribution in [0, 0.1) is 0 Å². The van der Waals surface area contributed by atoms with E-state index in [1.165, 1.54) is 16.3 Å². The second-order valence-corrected chi connectivity index (χ2v) is 7.83. The highest BCUT2D eigenvalue weighted by Crippen LogP contribution is 2.28. The van der Waals surface area contributed by atoms with Gasteiger partial charge in [0.05, 0.1) is 29.7 Å². The Bertz CT molecular complexity index is 1370. The minimum atomic E-state index is -0.209. The summed E-state index contributed by atoms with van der Waals surface area (Å²) < 4.78 is 8.22. The summed E-state index contributed by atoms with van der Waals surface area (Å²) in [6.07, 6.45) is 4.60. The Balaban J connectivity index is 1.20. The Morgan fingerprint density at radius 3 is 2.52 bits per heavy atom. The minimum absolute atomic E-state index is 0.209. The lowest BCUT2D eigenvalue weighted by Crippen LogP contribution is -2.13. The van der Waals surface area contributed by atoms with Crippen LogP contribution in [-0.2, 0) is 6.54 Å². The molecular formula is C27H24N4O2. The van der Waals surface area contributed by atoms with E-state index in [9.17, 15) is 4.79 Å². The number of hydrogen-bond acceptors (Lipinski definition) is 4. The molecule has 6 nitrogen and oxygen atoms in total. The molecule has 5 rings (SSSR count). The van der Waals surface area contributed by atoms with E-state index in [1.807, 2.05) is 36.7 Å². The molecule has 0 spiro atoms. The van der Waals surface area contributed by atoms with Gasteiger partial charge in [0.15, 0.2) is 0 Å². The van der Waals surface area contributed by atoms with Crippen molar-refractivity contribution in [2.45, 2.75) is 13.0 Å². The van der Waals surface area contributed by atoms with E-state index in [0.717, 1.165) is 24.2 Å². The van der Waals surface area contributed by atoms with Gasteiger partial charge in [-0.15, -0.1) is 0 Å². The zero-order valence-corrected chi connectivity index (χ0v) is 18.1. The standard InChI is InChI=1S/C27H24N4O2/c28-23-7-2-3-8-24(23)30-27(32)19-10-12-20(13-11-19)33-17-5-16-31-25-9-4-1-6-21(25)22-14-15-29-18-26(22)31/h1-4,6-15,18H,5,16-17,28H2,(H,30,32). The molecule has 2 heterocycles. The molecular weight excluding hydrogens is 412 g/mol. The van der Waals surface area contributed by atoms with Crippen LogP contribution >= 0.6 is 0 Å². The van der Waals surface area contributed by atoms with Crippen LogP contribution in [0.4, 0.5) is 11.4 Å². The first kappa shape index (κ1) is 20.6. The number of rotatable bonds is 7. The van der Waals surface area contributed by atoms with Crippen molar-refractivity contribution < 1.29 is 9.53 Å². The van der Waals surface area contributed by atoms with Gasteiger partial charge in [0.2, 0.25) is 0 Å². The van der Waals surface area contributed by atoms with E-state index in [2.05, 4.69) is 45.2 Å². The van der Waals surface area contributed by atoms with Crippen molar-refractivity contribution in [3.8, 4) is 5.75 Å². The maximum atomic E-state index is 12.5. The topological polar surface area (TPSA) is 82.2 Å². The number of amides is 1. The zero-order valence-electron chi connectivity index (χ0n) is 18.1. The third kappa shape index (κ3) is 4.23. The molecule has 0 radical (unpaired) electrons. The highest BCUT2D eigenvalue weighted by atomic mass is 16.5. The molecule has 0 aliphatic carbocycles. The summed E-state index contributed by atoms with van der Waals surface area (Å²) in [6, 6.07) is 24.8. The maximum absolute atomic E-state index is 12.5. The number of hydrogen-bond donors (Lipinski definition) is 2. The zero-order chi connectivity index (χ0) is 22.6. The summed E-state index contributed by atoms with van der Waals surface area (Å²) in [4.78, 5) is 16.8. The molecule has 3 N–H and O–H groups in total. The van der Waals surface area contributed by atoms with Gasteiger partial charge in [-0.2, -0.15) is 0 Å². The lowest BCUT2D eigenvalue weighted by Gasteiger charge is -2.10. The second-order valence-electron chi connectivity index (χ2n) is 7.83. The number of nitrogens with one attached hydrogen (secondary N) is 1. The number of nitrogen functional groups attached to an aromatic ring is 1. The smallest absolute Gasteiger partial charge is 0.255 e. The van der Waals surface area contributed by atoms with Crippen molar-refractivity contribution in [3.63, 3.8) is 0 Å². The Morgan fingerprint density at radius 1 is 0.909 bits per heavy atom. The Kier molecular flexibility index (Phi) is 5.64. The van der Waals surface area contributed by atoms with E-state index >= 15 is 0 Å². The molecule has 1 amide bonds. The fraction of sp³-hybridized carbons (Fsp3) is 0.111. The number of ether oxygens (including phenoxy) is 1. The quantitative estimate of drug-likeness (QED) is 0.261. The summed E-state index contributed by atoms with van der Waals surface area (Å²) in [7, 11) is 0. The van der Waals surface area contributed by atoms with Crippen molar-refractivity contribution in [1.29, 1.82) is 0 Å². The average Bonchev–Trinajstić information content (AvgIpc) is 3.17. The SMILES string of the molecule is Nc1ccccc1NC(=O)c1ccc(OCCCn2c3ccccc3c3ccncc32)cc1. The van der Waals surface area contributed by atoms with Gasteiger partial charge in [-0.25, -0.2) is 0 Å². The molecule has 0 saturated heterocycles. The summed E-state index contributed by atoms with van der Waals surface area (Å²) in [5.74, 6) is 0.522. The van der Waals surface area contributed by atoms with E-state index in [0.29, 0.717) is 23.5 Å². The first-order valence-corrected chi connectivity index (χ1v) is 10.9. The molecule has 2 aromatic heterocycles. The third-order valence-corrected chi connectivity index (χ3v) is 5.70. The minimum Gasteiger partial charge on any atom is -0.494 e. The number of anilines is 2. The van der Waals surface area contributed by atoms with Crippen LogP contribution in [-0.4, -0.2) is 22.1 Å². The normalized spacial score (nSPS) is 11.0. The van der Waals surface area contributed by atoms with Gasteiger partial charge in [0.1, 0.15) is 5.75 Å². The number of aryl methyl sites for hydroxylation is 1. The van der Waals surface area contributed by atoms with Gasteiger partial charge >= 0.3 is 0 Å². The van der Waals surface area contributed by atoms with Gasteiger partial charge < -0.3 is 20.4 Å². The molecule has 0 unspecified atom stereocenters. The van der Waals surface area contributed by atoms with Crippen LogP contribution in [0.2, 0.25) is 0 Å². The number of nitrogens with two attached hydrogens (primary N) is 1. The predicted octanol–water partition coefficient (Wildman–Crippen LogP) is 5.49. The van der Waals surface area contributed by atoms with Gasteiger partial charge in [0.25, 0.3) is 5.91 Å². The highest BCUT2D eigenvalue weighted by molar-refractivity contribution is 6.07. The van der Waals surface area contributed by atoms with Crippen LogP contribution < -0.4 is 15.8 Å². The molecule has 0 aliphatic heterocycles. The number of pyridine rings is 1. The monoisotopic (exact) mass is 436 g/mol. The van der Waals surface area contributed by atoms with E-state index in [1.54, 1.807) is 24.3 Å². The Morgan fingerprint density at radius 2 is 1.67 bits per heavy atom. The molecule has 33 heavy (non-hydrogen) atoms. The second kappa shape index (κ2) is 9.04. The lowest BCUT2D eigenvalue weighted by atomic mass is 10.2. The van der Waals surface area contributed by atoms with Gasteiger partial charge in [-0.05, 0) is 55.0 Å². The molecule has 0 saturated carbocycles. The van der Waals surface area contributed by atoms with Crippen molar-refractivity contribution in [2.24, 2.45) is 0 Å². The van der Waals surface area contributed by atoms with Crippen molar-refractivity contribution in [1.82, 2.24) is 9.55 Å².